The number of hydrogen-bond donors (Lipinski definition) is 0. The molecule has 150 valence electrons. The summed E-state index contributed by atoms with van der Waals surface area (Å²) in [5.41, 5.74) is 0.604. The Morgan fingerprint density at radius 3 is 2.07 bits per heavy atom. The molecule has 0 aromatic heterocycles. The van der Waals surface area contributed by atoms with Gasteiger partial charge in [-0.3, -0.25) is 9.59 Å². The van der Waals surface area contributed by atoms with Crippen LogP contribution in [0.1, 0.15) is 65.2 Å². The third-order valence-corrected chi connectivity index (χ3v) is 8.16. The normalized spacial score (nSPS) is 46.1. The lowest BCUT2D eigenvalue weighted by Crippen LogP contribution is -2.62. The minimum Gasteiger partial charge on any atom is -0.368 e. The molecule has 5 heteroatoms. The van der Waals surface area contributed by atoms with Crippen LogP contribution in [0.4, 0.5) is 0 Å². The van der Waals surface area contributed by atoms with E-state index in [1.54, 1.807) is 0 Å². The molecule has 0 aromatic rings. The van der Waals surface area contributed by atoms with Gasteiger partial charge in [-0.2, -0.15) is 0 Å². The molecule has 5 nitrogen and oxygen atoms in total. The molecule has 0 spiro atoms. The van der Waals surface area contributed by atoms with Crippen LogP contribution in [0.15, 0.2) is 0 Å². The van der Waals surface area contributed by atoms with Crippen molar-refractivity contribution in [3.05, 3.63) is 0 Å². The van der Waals surface area contributed by atoms with Gasteiger partial charge < -0.3 is 14.5 Å². The van der Waals surface area contributed by atoms with Gasteiger partial charge in [-0.25, -0.2) is 0 Å². The summed E-state index contributed by atoms with van der Waals surface area (Å²) in [6.45, 7) is 8.27. The molecular weight excluding hydrogens is 340 g/mol. The minimum absolute atomic E-state index is 0.121. The Kier molecular flexibility index (Phi) is 3.96. The average molecular weight is 375 g/mol. The van der Waals surface area contributed by atoms with Crippen LogP contribution in [-0.2, 0) is 14.3 Å². The summed E-state index contributed by atoms with van der Waals surface area (Å²) in [4.78, 5) is 30.2. The number of carbonyl (C=O) groups is 2. The number of piperazine rings is 1. The zero-order valence-electron chi connectivity index (χ0n) is 17.0. The van der Waals surface area contributed by atoms with Crippen molar-refractivity contribution >= 4 is 11.8 Å². The SMILES string of the molecule is C[C@]12CC3CC(C(=O)N4CCN(C(=O)[C@@H]5CCCO5)CC4)(C1)C[C@](C)(C3)C2. The summed E-state index contributed by atoms with van der Waals surface area (Å²) in [6, 6.07) is 0. The molecule has 2 heterocycles. The molecule has 3 atom stereocenters. The van der Waals surface area contributed by atoms with Crippen molar-refractivity contribution in [1.82, 2.24) is 9.80 Å². The van der Waals surface area contributed by atoms with E-state index in [0.717, 1.165) is 38.0 Å². The number of carbonyl (C=O) groups excluding carboxylic acids is 2. The van der Waals surface area contributed by atoms with Gasteiger partial charge in [0.2, 0.25) is 5.91 Å². The summed E-state index contributed by atoms with van der Waals surface area (Å²) in [6.07, 6.45) is 8.80. The van der Waals surface area contributed by atoms with E-state index < -0.39 is 0 Å². The highest BCUT2D eigenvalue weighted by molar-refractivity contribution is 5.85. The highest BCUT2D eigenvalue weighted by atomic mass is 16.5. The average Bonchev–Trinajstić information content (AvgIpc) is 3.12. The van der Waals surface area contributed by atoms with E-state index in [9.17, 15) is 9.59 Å². The molecule has 6 rings (SSSR count). The van der Waals surface area contributed by atoms with Crippen molar-refractivity contribution in [3.8, 4) is 0 Å². The smallest absolute Gasteiger partial charge is 0.251 e. The van der Waals surface area contributed by atoms with Gasteiger partial charge in [0, 0.05) is 32.8 Å². The zero-order chi connectivity index (χ0) is 18.9. The standard InChI is InChI=1S/C22H34N2O3/c1-20-10-16-11-21(2,13-20)15-22(12-16,14-20)19(26)24-7-5-23(6-8-24)18(25)17-4-3-9-27-17/h16-17H,3-15H2,1-2H3/t16?,17-,20+,21+,22?/m0/s1. The van der Waals surface area contributed by atoms with Crippen LogP contribution >= 0.6 is 0 Å². The van der Waals surface area contributed by atoms with E-state index >= 15 is 0 Å². The second kappa shape index (κ2) is 5.95. The molecule has 2 saturated heterocycles. The first-order chi connectivity index (χ1) is 12.8. The first-order valence-corrected chi connectivity index (χ1v) is 11.0. The second-order valence-electron chi connectivity index (χ2n) is 11.0. The molecule has 0 aromatic carbocycles. The maximum absolute atomic E-state index is 13.7. The highest BCUT2D eigenvalue weighted by Gasteiger charge is 2.63. The van der Waals surface area contributed by atoms with Crippen molar-refractivity contribution in [2.75, 3.05) is 32.8 Å². The molecule has 4 saturated carbocycles. The van der Waals surface area contributed by atoms with Gasteiger partial charge in [0.15, 0.2) is 0 Å². The Hall–Kier alpha value is -1.10. The number of ether oxygens (including phenoxy) is 1. The molecule has 27 heavy (non-hydrogen) atoms. The lowest BCUT2D eigenvalue weighted by Gasteiger charge is -2.65. The molecular formula is C22H34N2O3. The molecule has 0 radical (unpaired) electrons. The number of hydrogen-bond acceptors (Lipinski definition) is 3. The van der Waals surface area contributed by atoms with Gasteiger partial charge in [0.1, 0.15) is 6.10 Å². The van der Waals surface area contributed by atoms with Gasteiger partial charge in [0.05, 0.1) is 5.41 Å². The Bertz CT molecular complexity index is 630. The van der Waals surface area contributed by atoms with E-state index in [1.165, 1.54) is 19.3 Å². The van der Waals surface area contributed by atoms with Gasteiger partial charge in [0.25, 0.3) is 5.91 Å². The third-order valence-electron chi connectivity index (χ3n) is 8.16. The van der Waals surface area contributed by atoms with E-state index in [2.05, 4.69) is 18.7 Å². The molecule has 6 aliphatic rings. The first-order valence-electron chi connectivity index (χ1n) is 11.0. The fourth-order valence-electron chi connectivity index (χ4n) is 8.13. The van der Waals surface area contributed by atoms with Gasteiger partial charge in [-0.05, 0) is 68.1 Å². The van der Waals surface area contributed by atoms with Crippen LogP contribution in [0.5, 0.6) is 0 Å². The fourth-order valence-corrected chi connectivity index (χ4v) is 8.13. The summed E-state index contributed by atoms with van der Waals surface area (Å²) >= 11 is 0. The topological polar surface area (TPSA) is 49.9 Å². The number of nitrogens with zero attached hydrogens (tertiary/aromatic N) is 2. The first kappa shape index (κ1) is 18.0. The van der Waals surface area contributed by atoms with E-state index in [4.69, 9.17) is 4.74 Å². The van der Waals surface area contributed by atoms with Crippen molar-refractivity contribution in [3.63, 3.8) is 0 Å². The summed E-state index contributed by atoms with van der Waals surface area (Å²) in [7, 11) is 0. The van der Waals surface area contributed by atoms with E-state index in [1.807, 2.05) is 4.90 Å². The quantitative estimate of drug-likeness (QED) is 0.747. The molecule has 4 bridgehead atoms. The maximum Gasteiger partial charge on any atom is 0.251 e. The Labute approximate surface area is 162 Å². The monoisotopic (exact) mass is 374 g/mol. The maximum atomic E-state index is 13.7. The number of amides is 2. The third kappa shape index (κ3) is 2.92. The van der Waals surface area contributed by atoms with Crippen LogP contribution in [-0.4, -0.2) is 60.5 Å². The largest absolute Gasteiger partial charge is 0.368 e. The summed E-state index contributed by atoms with van der Waals surface area (Å²) in [5.74, 6) is 1.27. The molecule has 0 unspecified atom stereocenters. The van der Waals surface area contributed by atoms with Crippen molar-refractivity contribution in [2.45, 2.75) is 71.3 Å². The number of rotatable bonds is 2. The van der Waals surface area contributed by atoms with Crippen molar-refractivity contribution < 1.29 is 14.3 Å². The molecule has 6 fully saturated rings. The van der Waals surface area contributed by atoms with Crippen LogP contribution in [0.2, 0.25) is 0 Å². The Balaban J connectivity index is 1.26. The van der Waals surface area contributed by atoms with Gasteiger partial charge in [-0.15, -0.1) is 0 Å². The van der Waals surface area contributed by atoms with E-state index in [-0.39, 0.29) is 17.4 Å². The van der Waals surface area contributed by atoms with E-state index in [0.29, 0.717) is 49.5 Å². The predicted molar refractivity (Wildman–Crippen MR) is 102 cm³/mol. The molecule has 2 amide bonds. The predicted octanol–water partition coefficient (Wildman–Crippen LogP) is 2.83. The molecule has 0 N–H and O–H groups in total. The lowest BCUT2D eigenvalue weighted by molar-refractivity contribution is -0.181. The van der Waals surface area contributed by atoms with Crippen LogP contribution in [0.3, 0.4) is 0 Å². The van der Waals surface area contributed by atoms with Crippen LogP contribution < -0.4 is 0 Å². The summed E-state index contributed by atoms with van der Waals surface area (Å²) in [5, 5.41) is 0. The van der Waals surface area contributed by atoms with Crippen LogP contribution in [0.25, 0.3) is 0 Å². The van der Waals surface area contributed by atoms with Crippen LogP contribution in [0, 0.1) is 22.2 Å². The fraction of sp³-hybridized carbons (Fsp3) is 0.909. The highest BCUT2D eigenvalue weighted by Crippen LogP contribution is 2.69. The Morgan fingerprint density at radius 2 is 1.52 bits per heavy atom. The molecule has 4 aliphatic carbocycles. The lowest BCUT2D eigenvalue weighted by atomic mass is 9.40. The van der Waals surface area contributed by atoms with Gasteiger partial charge in [-0.1, -0.05) is 13.8 Å². The Morgan fingerprint density at radius 1 is 0.889 bits per heavy atom. The minimum atomic E-state index is -0.240. The van der Waals surface area contributed by atoms with Gasteiger partial charge >= 0.3 is 0 Å². The second-order valence-corrected chi connectivity index (χ2v) is 11.0. The van der Waals surface area contributed by atoms with Crippen molar-refractivity contribution in [2.24, 2.45) is 22.2 Å². The zero-order valence-corrected chi connectivity index (χ0v) is 17.0. The molecule has 2 aliphatic heterocycles. The summed E-state index contributed by atoms with van der Waals surface area (Å²) < 4.78 is 5.56. The van der Waals surface area contributed by atoms with Crippen molar-refractivity contribution in [1.29, 1.82) is 0 Å².